The summed E-state index contributed by atoms with van der Waals surface area (Å²) in [5.74, 6) is -0.00241. The molecule has 25 heavy (non-hydrogen) atoms. The van der Waals surface area contributed by atoms with Crippen molar-refractivity contribution in [2.45, 2.75) is 97.4 Å². The molecule has 0 atom stereocenters. The number of imide groups is 1. The predicted molar refractivity (Wildman–Crippen MR) is 103 cm³/mol. The van der Waals surface area contributed by atoms with Gasteiger partial charge < -0.3 is 5.32 Å². The fourth-order valence-corrected chi connectivity index (χ4v) is 3.44. The van der Waals surface area contributed by atoms with Crippen LogP contribution in [0.25, 0.3) is 0 Å². The van der Waals surface area contributed by atoms with Crippen molar-refractivity contribution in [3.8, 4) is 0 Å². The van der Waals surface area contributed by atoms with Crippen LogP contribution in [-0.4, -0.2) is 47.0 Å². The molecule has 146 valence electrons. The zero-order valence-electron chi connectivity index (χ0n) is 16.9. The van der Waals surface area contributed by atoms with Crippen LogP contribution < -0.4 is 5.32 Å². The van der Waals surface area contributed by atoms with Gasteiger partial charge >= 0.3 is 6.03 Å². The smallest absolute Gasteiger partial charge is 0.323 e. The van der Waals surface area contributed by atoms with E-state index >= 15 is 0 Å². The van der Waals surface area contributed by atoms with Gasteiger partial charge in [0, 0.05) is 0 Å². The van der Waals surface area contributed by atoms with Crippen LogP contribution in [0.15, 0.2) is 0 Å². The molecule has 0 unspecified atom stereocenters. The molecule has 0 spiro atoms. The van der Waals surface area contributed by atoms with Gasteiger partial charge in [-0.2, -0.15) is 0 Å². The molecule has 0 aliphatic carbocycles. The summed E-state index contributed by atoms with van der Waals surface area (Å²) in [4.78, 5) is 29.5. The maximum Gasteiger partial charge on any atom is 0.326 e. The first-order valence-electron chi connectivity index (χ1n) is 10.4. The number of unbranched alkanes of at least 4 members (excludes halogenated alkanes) is 4. The van der Waals surface area contributed by atoms with Crippen LogP contribution in [0.5, 0.6) is 0 Å². The average Bonchev–Trinajstić information content (AvgIpc) is 2.84. The lowest BCUT2D eigenvalue weighted by Gasteiger charge is -2.29. The van der Waals surface area contributed by atoms with Gasteiger partial charge in [0.2, 0.25) is 0 Å². The predicted octanol–water partition coefficient (Wildman–Crippen LogP) is 4.52. The molecule has 0 saturated carbocycles. The van der Waals surface area contributed by atoms with E-state index in [0.717, 1.165) is 77.3 Å². The molecule has 3 amide bonds. The normalized spacial score (nSPS) is 16.8. The minimum atomic E-state index is -0.662. The topological polar surface area (TPSA) is 52.6 Å². The summed E-state index contributed by atoms with van der Waals surface area (Å²) in [6.07, 6.45) is 9.99. The summed E-state index contributed by atoms with van der Waals surface area (Å²) < 4.78 is 0. The maximum absolute atomic E-state index is 13.1. The molecule has 1 fully saturated rings. The van der Waals surface area contributed by atoms with E-state index in [4.69, 9.17) is 0 Å². The average molecular weight is 354 g/mol. The number of hydrogen-bond donors (Lipinski definition) is 1. The molecule has 1 aliphatic rings. The molecule has 5 nitrogen and oxygen atoms in total. The van der Waals surface area contributed by atoms with Crippen molar-refractivity contribution in [2.75, 3.05) is 19.8 Å². The molecule has 0 aromatic rings. The molecular formula is C20H39N3O2. The third-order valence-electron chi connectivity index (χ3n) is 5.16. The van der Waals surface area contributed by atoms with Crippen molar-refractivity contribution in [1.82, 2.24) is 15.1 Å². The number of carbonyl (C=O) groups is 2. The van der Waals surface area contributed by atoms with Crippen molar-refractivity contribution >= 4 is 11.9 Å². The quantitative estimate of drug-likeness (QED) is 0.467. The number of rotatable bonds is 14. The molecule has 0 aromatic heterocycles. The minimum absolute atomic E-state index is 0.00241. The Morgan fingerprint density at radius 2 is 1.32 bits per heavy atom. The van der Waals surface area contributed by atoms with E-state index < -0.39 is 5.54 Å². The van der Waals surface area contributed by atoms with Crippen LogP contribution in [0.1, 0.15) is 91.9 Å². The minimum Gasteiger partial charge on any atom is -0.323 e. The van der Waals surface area contributed by atoms with Gasteiger partial charge in [0.05, 0.1) is 6.67 Å². The highest BCUT2D eigenvalue weighted by molar-refractivity contribution is 6.07. The van der Waals surface area contributed by atoms with E-state index in [9.17, 15) is 9.59 Å². The summed E-state index contributed by atoms with van der Waals surface area (Å²) in [5.41, 5.74) is -0.662. The van der Waals surface area contributed by atoms with Gasteiger partial charge in [0.25, 0.3) is 5.91 Å². The van der Waals surface area contributed by atoms with Crippen molar-refractivity contribution < 1.29 is 9.59 Å². The van der Waals surface area contributed by atoms with E-state index in [0.29, 0.717) is 6.67 Å². The summed E-state index contributed by atoms with van der Waals surface area (Å²) >= 11 is 0. The fourth-order valence-electron chi connectivity index (χ4n) is 3.44. The summed E-state index contributed by atoms with van der Waals surface area (Å²) in [7, 11) is 0. The molecule has 1 saturated heterocycles. The Kier molecular flexibility index (Phi) is 10.1. The summed E-state index contributed by atoms with van der Waals surface area (Å²) in [6.45, 7) is 10.9. The Balaban J connectivity index is 2.83. The van der Waals surface area contributed by atoms with Crippen LogP contribution in [0.4, 0.5) is 4.79 Å². The van der Waals surface area contributed by atoms with E-state index in [-0.39, 0.29) is 11.9 Å². The highest BCUT2D eigenvalue weighted by Gasteiger charge is 2.50. The van der Waals surface area contributed by atoms with E-state index in [2.05, 4.69) is 37.9 Å². The van der Waals surface area contributed by atoms with Crippen LogP contribution in [0.3, 0.4) is 0 Å². The van der Waals surface area contributed by atoms with Crippen molar-refractivity contribution in [1.29, 1.82) is 0 Å². The lowest BCUT2D eigenvalue weighted by molar-refractivity contribution is -0.133. The number of nitrogens with one attached hydrogen (secondary N) is 1. The molecule has 1 aliphatic heterocycles. The molecule has 0 bridgehead atoms. The number of carbonyl (C=O) groups excluding carboxylic acids is 2. The van der Waals surface area contributed by atoms with E-state index in [1.807, 2.05) is 0 Å². The first-order valence-corrected chi connectivity index (χ1v) is 10.4. The Morgan fingerprint density at radius 3 is 1.76 bits per heavy atom. The van der Waals surface area contributed by atoms with Crippen molar-refractivity contribution in [2.24, 2.45) is 0 Å². The first kappa shape index (κ1) is 21.9. The molecule has 5 heteroatoms. The van der Waals surface area contributed by atoms with Crippen LogP contribution in [-0.2, 0) is 4.79 Å². The summed E-state index contributed by atoms with van der Waals surface area (Å²) in [5, 5.41) is 3.07. The molecular weight excluding hydrogens is 314 g/mol. The third kappa shape index (κ3) is 6.28. The van der Waals surface area contributed by atoms with Crippen LogP contribution >= 0.6 is 0 Å². The van der Waals surface area contributed by atoms with Gasteiger partial charge in [-0.25, -0.2) is 9.69 Å². The molecule has 0 aromatic carbocycles. The zero-order chi connectivity index (χ0) is 18.7. The maximum atomic E-state index is 13.1. The Morgan fingerprint density at radius 1 is 0.840 bits per heavy atom. The Labute approximate surface area is 154 Å². The fraction of sp³-hybridized carbons (Fsp3) is 0.900. The van der Waals surface area contributed by atoms with Crippen LogP contribution in [0.2, 0.25) is 0 Å². The van der Waals surface area contributed by atoms with Gasteiger partial charge in [-0.05, 0) is 38.8 Å². The third-order valence-corrected chi connectivity index (χ3v) is 5.16. The van der Waals surface area contributed by atoms with Gasteiger partial charge in [-0.15, -0.1) is 0 Å². The highest BCUT2D eigenvalue weighted by atomic mass is 16.2. The second-order valence-electron chi connectivity index (χ2n) is 7.42. The van der Waals surface area contributed by atoms with Gasteiger partial charge in [0.15, 0.2) is 0 Å². The van der Waals surface area contributed by atoms with E-state index in [1.54, 1.807) is 0 Å². The molecule has 1 rings (SSSR count). The second kappa shape index (κ2) is 11.5. The van der Waals surface area contributed by atoms with Gasteiger partial charge in [-0.1, -0.05) is 66.2 Å². The van der Waals surface area contributed by atoms with Gasteiger partial charge in [-0.3, -0.25) is 9.69 Å². The van der Waals surface area contributed by atoms with E-state index in [1.165, 1.54) is 4.90 Å². The Hall–Kier alpha value is -1.10. The van der Waals surface area contributed by atoms with Crippen molar-refractivity contribution in [3.63, 3.8) is 0 Å². The van der Waals surface area contributed by atoms with Crippen molar-refractivity contribution in [3.05, 3.63) is 0 Å². The van der Waals surface area contributed by atoms with Crippen LogP contribution in [0, 0.1) is 0 Å². The van der Waals surface area contributed by atoms with Gasteiger partial charge in [0.1, 0.15) is 5.54 Å². The first-order chi connectivity index (χ1) is 12.0. The number of nitrogens with zero attached hydrogens (tertiary/aromatic N) is 2. The highest BCUT2D eigenvalue weighted by Crippen LogP contribution is 2.29. The number of hydrogen-bond acceptors (Lipinski definition) is 3. The number of amides is 3. The monoisotopic (exact) mass is 353 g/mol. The largest absolute Gasteiger partial charge is 0.326 e. The molecule has 1 heterocycles. The summed E-state index contributed by atoms with van der Waals surface area (Å²) in [6, 6.07) is -0.199. The number of urea groups is 1. The second-order valence-corrected chi connectivity index (χ2v) is 7.42. The lowest BCUT2D eigenvalue weighted by atomic mass is 9.87. The molecule has 1 N–H and O–H groups in total. The lowest BCUT2D eigenvalue weighted by Crippen LogP contribution is -2.48. The zero-order valence-corrected chi connectivity index (χ0v) is 16.9. The molecule has 0 radical (unpaired) electrons. The standard InChI is InChI=1S/C20H39N3O2/c1-5-9-13-20(14-10-6-2)18(24)23(19(25)21-20)17-22(15-11-7-3)16-12-8-4/h5-17H2,1-4H3,(H,21,25). The SMILES string of the molecule is CCCCN(CCCC)CN1C(=O)NC(CCCC)(CCCC)C1=O. The Bertz CT molecular complexity index is 396.